The highest BCUT2D eigenvalue weighted by Gasteiger charge is 2.12. The number of benzene rings is 1. The number of hydrogen-bond donors (Lipinski definition) is 2. The van der Waals surface area contributed by atoms with E-state index in [1.807, 2.05) is 25.1 Å². The van der Waals surface area contributed by atoms with Crippen molar-refractivity contribution in [2.45, 2.75) is 46.7 Å². The van der Waals surface area contributed by atoms with Crippen molar-refractivity contribution in [3.05, 3.63) is 23.8 Å². The van der Waals surface area contributed by atoms with Crippen LogP contribution < -0.4 is 11.1 Å². The summed E-state index contributed by atoms with van der Waals surface area (Å²) in [7, 11) is 0. The van der Waals surface area contributed by atoms with Crippen molar-refractivity contribution < 1.29 is 0 Å². The summed E-state index contributed by atoms with van der Waals surface area (Å²) in [4.78, 5) is 2.47. The average molecular weight is 249 g/mol. The second-order valence-corrected chi connectivity index (χ2v) is 5.39. The van der Waals surface area contributed by atoms with E-state index in [1.54, 1.807) is 0 Å². The molecule has 0 amide bonds. The lowest BCUT2D eigenvalue weighted by Gasteiger charge is -2.30. The predicted octanol–water partition coefficient (Wildman–Crippen LogP) is 3.11. The van der Waals surface area contributed by atoms with Crippen LogP contribution in [-0.2, 0) is 0 Å². The van der Waals surface area contributed by atoms with Crippen molar-refractivity contribution in [2.75, 3.05) is 24.1 Å². The van der Waals surface area contributed by atoms with Gasteiger partial charge < -0.3 is 11.1 Å². The van der Waals surface area contributed by atoms with Gasteiger partial charge in [0, 0.05) is 25.2 Å². The summed E-state index contributed by atoms with van der Waals surface area (Å²) in [5.74, 6) is 0. The van der Waals surface area contributed by atoms with E-state index in [4.69, 9.17) is 5.73 Å². The lowest BCUT2D eigenvalue weighted by molar-refractivity contribution is 0.182. The highest BCUT2D eigenvalue weighted by molar-refractivity contribution is 5.69. The zero-order valence-electron chi connectivity index (χ0n) is 12.3. The largest absolute Gasteiger partial charge is 0.397 e. The summed E-state index contributed by atoms with van der Waals surface area (Å²) in [5.41, 5.74) is 9.08. The molecular weight excluding hydrogens is 222 g/mol. The van der Waals surface area contributed by atoms with Gasteiger partial charge >= 0.3 is 0 Å². The molecule has 3 heteroatoms. The fourth-order valence-corrected chi connectivity index (χ4v) is 2.27. The number of nitrogens with one attached hydrogen (secondary N) is 1. The number of nitrogens with two attached hydrogens (primary N) is 1. The maximum absolute atomic E-state index is 6.04. The van der Waals surface area contributed by atoms with Gasteiger partial charge in [0.25, 0.3) is 0 Å². The number of para-hydroxylation sites is 1. The molecule has 0 aliphatic heterocycles. The lowest BCUT2D eigenvalue weighted by atomic mass is 10.1. The zero-order valence-corrected chi connectivity index (χ0v) is 12.3. The van der Waals surface area contributed by atoms with Gasteiger partial charge in [0.15, 0.2) is 0 Å². The maximum atomic E-state index is 6.04. The van der Waals surface area contributed by atoms with Gasteiger partial charge in [-0.3, -0.25) is 4.90 Å². The Morgan fingerprint density at radius 2 is 1.78 bits per heavy atom. The standard InChI is InChI=1S/C15H27N3/c1-11(2)18(12(3)4)10-9-17-14-8-6-7-13(5)15(14)16/h6-8,11-12,17H,9-10,16H2,1-5H3. The molecule has 0 fully saturated rings. The molecule has 0 heterocycles. The molecule has 0 aliphatic rings. The van der Waals surface area contributed by atoms with Crippen LogP contribution in [0.2, 0.25) is 0 Å². The summed E-state index contributed by atoms with van der Waals surface area (Å²) in [5, 5.41) is 3.43. The average Bonchev–Trinajstić information content (AvgIpc) is 2.28. The first kappa shape index (κ1) is 14.8. The molecule has 0 atom stereocenters. The van der Waals surface area contributed by atoms with Gasteiger partial charge in [0.05, 0.1) is 11.4 Å². The van der Waals surface area contributed by atoms with Crippen LogP contribution in [0.25, 0.3) is 0 Å². The Morgan fingerprint density at radius 3 is 2.33 bits per heavy atom. The molecule has 0 bridgehead atoms. The molecule has 0 spiro atoms. The molecule has 3 N–H and O–H groups in total. The molecule has 1 rings (SSSR count). The molecule has 0 radical (unpaired) electrons. The van der Waals surface area contributed by atoms with Crippen LogP contribution in [0, 0.1) is 6.92 Å². The fraction of sp³-hybridized carbons (Fsp3) is 0.600. The fourth-order valence-electron chi connectivity index (χ4n) is 2.27. The monoisotopic (exact) mass is 249 g/mol. The Bertz CT molecular complexity index is 364. The summed E-state index contributed by atoms with van der Waals surface area (Å²) < 4.78 is 0. The quantitative estimate of drug-likeness (QED) is 0.761. The third-order valence-electron chi connectivity index (χ3n) is 3.34. The van der Waals surface area contributed by atoms with Gasteiger partial charge in [-0.1, -0.05) is 12.1 Å². The minimum absolute atomic E-state index is 0.571. The Morgan fingerprint density at radius 1 is 1.17 bits per heavy atom. The van der Waals surface area contributed by atoms with Gasteiger partial charge in [0.1, 0.15) is 0 Å². The van der Waals surface area contributed by atoms with Crippen LogP contribution in [0.5, 0.6) is 0 Å². The first-order chi connectivity index (χ1) is 8.43. The van der Waals surface area contributed by atoms with E-state index in [2.05, 4.69) is 37.9 Å². The summed E-state index contributed by atoms with van der Waals surface area (Å²) in [6.07, 6.45) is 0. The highest BCUT2D eigenvalue weighted by Crippen LogP contribution is 2.21. The number of aryl methyl sites for hydroxylation is 1. The van der Waals surface area contributed by atoms with Crippen LogP contribution in [0.3, 0.4) is 0 Å². The Balaban J connectivity index is 2.53. The van der Waals surface area contributed by atoms with Gasteiger partial charge in [0.2, 0.25) is 0 Å². The number of nitrogen functional groups attached to an aromatic ring is 1. The molecule has 0 saturated carbocycles. The third-order valence-corrected chi connectivity index (χ3v) is 3.34. The molecular formula is C15H27N3. The molecule has 1 aromatic rings. The van der Waals surface area contributed by atoms with Crippen molar-refractivity contribution in [1.82, 2.24) is 4.90 Å². The van der Waals surface area contributed by atoms with E-state index in [0.717, 1.165) is 30.0 Å². The molecule has 1 aromatic carbocycles. The number of anilines is 2. The van der Waals surface area contributed by atoms with Crippen molar-refractivity contribution in [3.63, 3.8) is 0 Å². The second kappa shape index (κ2) is 6.64. The molecule has 0 aliphatic carbocycles. The van der Waals surface area contributed by atoms with E-state index in [1.165, 1.54) is 0 Å². The number of nitrogens with zero attached hydrogens (tertiary/aromatic N) is 1. The maximum Gasteiger partial charge on any atom is 0.0579 e. The molecule has 0 aromatic heterocycles. The lowest BCUT2D eigenvalue weighted by Crippen LogP contribution is -2.40. The first-order valence-corrected chi connectivity index (χ1v) is 6.78. The predicted molar refractivity (Wildman–Crippen MR) is 81.1 cm³/mol. The van der Waals surface area contributed by atoms with Gasteiger partial charge in [-0.2, -0.15) is 0 Å². The molecule has 0 saturated heterocycles. The van der Waals surface area contributed by atoms with Crippen LogP contribution in [0.4, 0.5) is 11.4 Å². The van der Waals surface area contributed by atoms with Gasteiger partial charge in [-0.25, -0.2) is 0 Å². The van der Waals surface area contributed by atoms with E-state index >= 15 is 0 Å². The van der Waals surface area contributed by atoms with Crippen LogP contribution in [0.1, 0.15) is 33.3 Å². The van der Waals surface area contributed by atoms with Crippen LogP contribution in [-0.4, -0.2) is 30.1 Å². The first-order valence-electron chi connectivity index (χ1n) is 6.78. The summed E-state index contributed by atoms with van der Waals surface area (Å²) in [6.45, 7) is 12.9. The van der Waals surface area contributed by atoms with Crippen molar-refractivity contribution in [2.24, 2.45) is 0 Å². The van der Waals surface area contributed by atoms with Gasteiger partial charge in [-0.05, 0) is 46.2 Å². The number of hydrogen-bond acceptors (Lipinski definition) is 3. The smallest absolute Gasteiger partial charge is 0.0579 e. The van der Waals surface area contributed by atoms with Gasteiger partial charge in [-0.15, -0.1) is 0 Å². The third kappa shape index (κ3) is 3.91. The van der Waals surface area contributed by atoms with Crippen LogP contribution >= 0.6 is 0 Å². The summed E-state index contributed by atoms with van der Waals surface area (Å²) >= 11 is 0. The van der Waals surface area contributed by atoms with Crippen molar-refractivity contribution in [3.8, 4) is 0 Å². The van der Waals surface area contributed by atoms with Crippen molar-refractivity contribution >= 4 is 11.4 Å². The minimum Gasteiger partial charge on any atom is -0.397 e. The normalized spacial score (nSPS) is 11.6. The Labute approximate surface area is 111 Å². The Kier molecular flexibility index (Phi) is 5.48. The molecule has 18 heavy (non-hydrogen) atoms. The molecule has 102 valence electrons. The summed E-state index contributed by atoms with van der Waals surface area (Å²) in [6, 6.07) is 7.26. The zero-order chi connectivity index (χ0) is 13.7. The van der Waals surface area contributed by atoms with E-state index in [9.17, 15) is 0 Å². The number of rotatable bonds is 6. The van der Waals surface area contributed by atoms with E-state index < -0.39 is 0 Å². The minimum atomic E-state index is 0.571. The second-order valence-electron chi connectivity index (χ2n) is 5.39. The SMILES string of the molecule is Cc1cccc(NCCN(C(C)C)C(C)C)c1N. The molecule has 3 nitrogen and oxygen atoms in total. The van der Waals surface area contributed by atoms with Crippen LogP contribution in [0.15, 0.2) is 18.2 Å². The molecule has 0 unspecified atom stereocenters. The van der Waals surface area contributed by atoms with E-state index in [0.29, 0.717) is 12.1 Å². The van der Waals surface area contributed by atoms with E-state index in [-0.39, 0.29) is 0 Å². The van der Waals surface area contributed by atoms with Crippen molar-refractivity contribution in [1.29, 1.82) is 0 Å². The topological polar surface area (TPSA) is 41.3 Å². The Hall–Kier alpha value is -1.22. The highest BCUT2D eigenvalue weighted by atomic mass is 15.2.